The number of ketones is 2. The molecule has 3 aliphatic carbocycles. The number of hydrogen-bond donors (Lipinski definition) is 4. The smallest absolute Gasteiger partial charge is 0.309 e. The molecular weight excluding hydrogens is 674 g/mol. The van der Waals surface area contributed by atoms with Gasteiger partial charge in [0.2, 0.25) is 5.91 Å². The second kappa shape index (κ2) is 21.4. The summed E-state index contributed by atoms with van der Waals surface area (Å²) in [7, 11) is 1.94. The van der Waals surface area contributed by atoms with Crippen LogP contribution in [0.1, 0.15) is 121 Å². The number of esters is 1. The summed E-state index contributed by atoms with van der Waals surface area (Å²) in [6.07, 6.45) is 9.27. The molecule has 0 aromatic carbocycles. The molecule has 11 nitrogen and oxygen atoms in total. The van der Waals surface area contributed by atoms with Gasteiger partial charge >= 0.3 is 5.97 Å². The molecule has 5 N–H and O–H groups in total. The lowest BCUT2D eigenvalue weighted by atomic mass is 9.57. The molecule has 0 bridgehead atoms. The summed E-state index contributed by atoms with van der Waals surface area (Å²) in [4.78, 5) is 62.8. The molecule has 4 rings (SSSR count). The molecule has 0 aromatic heterocycles. The molecule has 0 spiro atoms. The fraction of sp³-hybridized carbons (Fsp3) is 0.786. The Hall–Kier alpha value is -2.73. The molecule has 53 heavy (non-hydrogen) atoms. The number of likely N-dealkylation sites (N-methyl/N-ethyl adjacent to an activating group) is 1. The number of aliphatic hydroxyl groups excluding tert-OH is 1. The summed E-state index contributed by atoms with van der Waals surface area (Å²) in [6.45, 7) is 22.2. The maximum absolute atomic E-state index is 13.3. The third kappa shape index (κ3) is 11.9. The first kappa shape index (κ1) is 48.3. The lowest BCUT2D eigenvalue weighted by Crippen LogP contribution is -2.55. The molecule has 3 fully saturated rings. The van der Waals surface area contributed by atoms with E-state index in [0.29, 0.717) is 32.2 Å². The van der Waals surface area contributed by atoms with Crippen LogP contribution in [0.15, 0.2) is 23.8 Å². The zero-order chi connectivity index (χ0) is 40.9. The second-order valence-corrected chi connectivity index (χ2v) is 16.1. The number of fused-ring (bicyclic) bond motifs is 1. The molecule has 4 aliphatic rings. The summed E-state index contributed by atoms with van der Waals surface area (Å²) >= 11 is 0. The first-order chi connectivity index (χ1) is 24.8. The third-order valence-electron chi connectivity index (χ3n) is 12.1. The van der Waals surface area contributed by atoms with Crippen LogP contribution in [0.4, 0.5) is 0 Å². The highest BCUT2D eigenvalue weighted by Crippen LogP contribution is 2.56. The number of ether oxygens (including phenoxy) is 1. The van der Waals surface area contributed by atoms with Crippen molar-refractivity contribution in [3.05, 3.63) is 23.8 Å². The van der Waals surface area contributed by atoms with Crippen molar-refractivity contribution in [1.82, 2.24) is 10.2 Å². The van der Waals surface area contributed by atoms with Gasteiger partial charge in [-0.25, -0.2) is 0 Å². The fourth-order valence-electron chi connectivity index (χ4n) is 8.06. The summed E-state index contributed by atoms with van der Waals surface area (Å²) in [6, 6.07) is -0.424. The average molecular weight is 748 g/mol. The Morgan fingerprint density at radius 2 is 1.75 bits per heavy atom. The monoisotopic (exact) mass is 748 g/mol. The predicted molar refractivity (Wildman–Crippen MR) is 210 cm³/mol. The average Bonchev–Trinajstić information content (AvgIpc) is 3.72. The Labute approximate surface area is 319 Å². The van der Waals surface area contributed by atoms with Crippen molar-refractivity contribution in [1.29, 1.82) is 0 Å². The Kier molecular flexibility index (Phi) is 19.5. The topological polar surface area (TPSA) is 176 Å². The SMILES string of the molecule is CC.CC.CC(C)C(N)C=O.CCC1=CC(=O)C=CC1(C)C1CC2CCC(C(=O)COC(=O)C(C)C(C)(C)CNC(=O)C3CCCN3C)C2(O)CC1O. The molecular formula is C42H73N3O8. The van der Waals surface area contributed by atoms with Crippen LogP contribution in [0.5, 0.6) is 0 Å². The van der Waals surface area contributed by atoms with Crippen molar-refractivity contribution in [2.24, 2.45) is 46.2 Å². The summed E-state index contributed by atoms with van der Waals surface area (Å²) in [5, 5.41) is 26.0. The van der Waals surface area contributed by atoms with E-state index in [2.05, 4.69) is 5.32 Å². The first-order valence-electron chi connectivity index (χ1n) is 20.0. The number of likely N-dealkylation sites (tertiary alicyclic amines) is 1. The standard InChI is InChI=1S/C33H50N2O7.C5H11NO.2C2H6/c1-7-21-15-23(36)12-13-32(21,5)25-16-22-10-11-24(33(22,41)17-27(25)37)28(38)18-42-30(40)20(2)31(3,4)19-34-29(39)26-9-8-14-35(26)6;1-4(2)5(6)3-7;2*1-2/h12-13,15,20,22,24-27,37,41H,7-11,14,16-19H2,1-6H3,(H,34,39);3-5H,6H2,1-2H3;2*1-2H3. The van der Waals surface area contributed by atoms with E-state index in [1.165, 1.54) is 0 Å². The van der Waals surface area contributed by atoms with Crippen LogP contribution in [0.3, 0.4) is 0 Å². The molecule has 9 unspecified atom stereocenters. The van der Waals surface area contributed by atoms with Crippen molar-refractivity contribution < 1.29 is 38.9 Å². The highest BCUT2D eigenvalue weighted by atomic mass is 16.5. The van der Waals surface area contributed by atoms with Gasteiger partial charge in [0.25, 0.3) is 0 Å². The molecule has 11 heteroatoms. The van der Waals surface area contributed by atoms with E-state index in [4.69, 9.17) is 10.5 Å². The van der Waals surface area contributed by atoms with Crippen LogP contribution in [0.25, 0.3) is 0 Å². The number of carbonyl (C=O) groups is 5. The number of aldehydes is 1. The molecule has 304 valence electrons. The number of nitrogens with one attached hydrogen (secondary N) is 1. The van der Waals surface area contributed by atoms with E-state index in [9.17, 15) is 34.2 Å². The van der Waals surface area contributed by atoms with Gasteiger partial charge in [0, 0.05) is 18.4 Å². The van der Waals surface area contributed by atoms with Crippen molar-refractivity contribution >= 4 is 29.7 Å². The molecule has 1 heterocycles. The van der Waals surface area contributed by atoms with Crippen molar-refractivity contribution in [3.63, 3.8) is 0 Å². The first-order valence-corrected chi connectivity index (χ1v) is 20.0. The largest absolute Gasteiger partial charge is 0.457 e. The number of carbonyl (C=O) groups excluding carboxylic acids is 5. The third-order valence-corrected chi connectivity index (χ3v) is 12.1. The highest BCUT2D eigenvalue weighted by molar-refractivity contribution is 6.01. The number of rotatable bonds is 12. The maximum atomic E-state index is 13.3. The highest BCUT2D eigenvalue weighted by Gasteiger charge is 2.59. The Bertz CT molecular complexity index is 1290. The van der Waals surface area contributed by atoms with Gasteiger partial charge in [-0.3, -0.25) is 24.1 Å². The van der Waals surface area contributed by atoms with Gasteiger partial charge in [-0.05, 0) is 87.4 Å². The summed E-state index contributed by atoms with van der Waals surface area (Å²) < 4.78 is 5.48. The van der Waals surface area contributed by atoms with Crippen molar-refractivity contribution in [3.8, 4) is 0 Å². The van der Waals surface area contributed by atoms with Crippen LogP contribution in [-0.4, -0.2) is 95.4 Å². The quantitative estimate of drug-likeness (QED) is 0.153. The molecule has 1 amide bonds. The van der Waals surface area contributed by atoms with Gasteiger partial charge in [-0.1, -0.05) is 87.8 Å². The lowest BCUT2D eigenvalue weighted by molar-refractivity contribution is -0.163. The predicted octanol–water partition coefficient (Wildman–Crippen LogP) is 5.20. The van der Waals surface area contributed by atoms with Crippen LogP contribution >= 0.6 is 0 Å². The Morgan fingerprint density at radius 1 is 1.13 bits per heavy atom. The van der Waals surface area contributed by atoms with Gasteiger partial charge in [0.15, 0.2) is 11.6 Å². The number of allylic oxidation sites excluding steroid dienone is 4. The Morgan fingerprint density at radius 3 is 2.26 bits per heavy atom. The zero-order valence-electron chi connectivity index (χ0n) is 34.9. The second-order valence-electron chi connectivity index (χ2n) is 16.1. The number of hydrogen-bond acceptors (Lipinski definition) is 10. The lowest BCUT2D eigenvalue weighted by Gasteiger charge is -2.50. The van der Waals surface area contributed by atoms with Gasteiger partial charge in [-0.2, -0.15) is 0 Å². The van der Waals surface area contributed by atoms with Crippen LogP contribution in [0, 0.1) is 40.4 Å². The summed E-state index contributed by atoms with van der Waals surface area (Å²) in [5.41, 5.74) is 3.78. The molecule has 9 atom stereocenters. The number of Topliss-reactive ketones (excluding diaryl/α,β-unsaturated/α-hetero) is 1. The maximum Gasteiger partial charge on any atom is 0.309 e. The van der Waals surface area contributed by atoms with Crippen molar-refractivity contribution in [2.75, 3.05) is 26.7 Å². The van der Waals surface area contributed by atoms with Crippen LogP contribution < -0.4 is 11.1 Å². The van der Waals surface area contributed by atoms with Crippen molar-refractivity contribution in [2.45, 2.75) is 145 Å². The number of aliphatic hydroxyl groups is 2. The van der Waals surface area contributed by atoms with Crippen LogP contribution in [0.2, 0.25) is 0 Å². The number of nitrogens with two attached hydrogens (primary N) is 1. The van der Waals surface area contributed by atoms with E-state index in [1.807, 2.05) is 87.3 Å². The van der Waals surface area contributed by atoms with Gasteiger partial charge in [0.05, 0.1) is 35.6 Å². The minimum atomic E-state index is -1.36. The molecule has 2 saturated carbocycles. The molecule has 0 radical (unpaired) electrons. The fourth-order valence-corrected chi connectivity index (χ4v) is 8.06. The van der Waals surface area contributed by atoms with E-state index in [1.54, 1.807) is 19.1 Å². The van der Waals surface area contributed by atoms with Gasteiger partial charge in [-0.15, -0.1) is 0 Å². The molecule has 0 aromatic rings. The minimum Gasteiger partial charge on any atom is -0.457 e. The van der Waals surface area contributed by atoms with E-state index >= 15 is 0 Å². The zero-order valence-corrected chi connectivity index (χ0v) is 34.9. The number of nitrogens with zero attached hydrogens (tertiary/aromatic N) is 1. The van der Waals surface area contributed by atoms with E-state index < -0.39 is 46.9 Å². The van der Waals surface area contributed by atoms with E-state index in [-0.39, 0.29) is 53.7 Å². The molecule has 1 aliphatic heterocycles. The van der Waals surface area contributed by atoms with E-state index in [0.717, 1.165) is 31.2 Å². The van der Waals surface area contributed by atoms with Gasteiger partial charge < -0.3 is 30.8 Å². The summed E-state index contributed by atoms with van der Waals surface area (Å²) in [5.74, 6) is -2.29. The number of amides is 1. The van der Waals surface area contributed by atoms with Gasteiger partial charge in [0.1, 0.15) is 12.9 Å². The minimum absolute atomic E-state index is 0.0382. The Balaban J connectivity index is 0.00000113. The normalized spacial score (nSPS) is 30.5. The molecule has 1 saturated heterocycles. The van der Waals surface area contributed by atoms with Crippen LogP contribution in [-0.2, 0) is 28.7 Å².